The Labute approximate surface area is 144 Å². The number of rotatable bonds is 4. The molecule has 4 rings (SSSR count). The SMILES string of the molecule is Cc1c(C)n(Cc2ccccc2)c2ncnc(Nc3nccs3)c12. The molecule has 1 N–H and O–H groups in total. The average Bonchev–Trinajstić information content (AvgIpc) is 3.19. The Hall–Kier alpha value is -2.73. The van der Waals surface area contributed by atoms with Crippen LogP contribution in [0.2, 0.25) is 0 Å². The highest BCUT2D eigenvalue weighted by Gasteiger charge is 2.17. The normalized spacial score (nSPS) is 11.1. The number of benzene rings is 1. The highest BCUT2D eigenvalue weighted by atomic mass is 32.1. The highest BCUT2D eigenvalue weighted by Crippen LogP contribution is 2.31. The maximum atomic E-state index is 4.54. The van der Waals surface area contributed by atoms with Crippen molar-refractivity contribution in [2.45, 2.75) is 20.4 Å². The van der Waals surface area contributed by atoms with Crippen LogP contribution in [-0.4, -0.2) is 19.5 Å². The van der Waals surface area contributed by atoms with E-state index in [-0.39, 0.29) is 0 Å². The monoisotopic (exact) mass is 335 g/mol. The van der Waals surface area contributed by atoms with Crippen molar-refractivity contribution in [1.82, 2.24) is 19.5 Å². The Balaban J connectivity index is 1.83. The summed E-state index contributed by atoms with van der Waals surface area (Å²) in [5.41, 5.74) is 4.60. The van der Waals surface area contributed by atoms with Crippen molar-refractivity contribution in [3.63, 3.8) is 0 Å². The molecular weight excluding hydrogens is 318 g/mol. The van der Waals surface area contributed by atoms with Crippen LogP contribution < -0.4 is 5.32 Å². The van der Waals surface area contributed by atoms with Crippen LogP contribution in [0.25, 0.3) is 11.0 Å². The minimum absolute atomic E-state index is 0.796. The van der Waals surface area contributed by atoms with E-state index in [9.17, 15) is 0 Å². The summed E-state index contributed by atoms with van der Waals surface area (Å²) >= 11 is 1.56. The number of fused-ring (bicyclic) bond motifs is 1. The van der Waals surface area contributed by atoms with Crippen LogP contribution >= 0.6 is 11.3 Å². The zero-order valence-corrected chi connectivity index (χ0v) is 14.3. The minimum atomic E-state index is 0.796. The molecule has 0 aliphatic heterocycles. The van der Waals surface area contributed by atoms with E-state index in [2.05, 4.69) is 62.9 Å². The molecule has 0 amide bonds. The molecule has 6 heteroatoms. The largest absolute Gasteiger partial charge is 0.325 e. The lowest BCUT2D eigenvalue weighted by atomic mass is 10.2. The number of thiazole rings is 1. The summed E-state index contributed by atoms with van der Waals surface area (Å²) in [4.78, 5) is 13.3. The molecule has 0 unspecified atom stereocenters. The van der Waals surface area contributed by atoms with Gasteiger partial charge < -0.3 is 9.88 Å². The molecule has 0 fully saturated rings. The van der Waals surface area contributed by atoms with Crippen molar-refractivity contribution in [3.8, 4) is 0 Å². The summed E-state index contributed by atoms with van der Waals surface area (Å²) in [5, 5.41) is 7.15. The summed E-state index contributed by atoms with van der Waals surface area (Å²) in [6, 6.07) is 10.4. The van der Waals surface area contributed by atoms with Gasteiger partial charge in [-0.3, -0.25) is 0 Å². The Morgan fingerprint density at radius 1 is 1.08 bits per heavy atom. The standard InChI is InChI=1S/C18H17N5S/c1-12-13(2)23(10-14-6-4-3-5-7-14)17-15(12)16(20-11-21-17)22-18-19-8-9-24-18/h3-9,11H,10H2,1-2H3,(H,19,20,21,22). The Morgan fingerprint density at radius 2 is 1.92 bits per heavy atom. The first-order chi connectivity index (χ1) is 11.7. The molecule has 3 aromatic heterocycles. The van der Waals surface area contributed by atoms with Gasteiger partial charge in [-0.2, -0.15) is 0 Å². The fourth-order valence-electron chi connectivity index (χ4n) is 2.91. The first-order valence-corrected chi connectivity index (χ1v) is 8.63. The van der Waals surface area contributed by atoms with Crippen LogP contribution in [0, 0.1) is 13.8 Å². The van der Waals surface area contributed by atoms with Crippen LogP contribution in [-0.2, 0) is 6.54 Å². The summed E-state index contributed by atoms with van der Waals surface area (Å²) in [5.74, 6) is 0.808. The van der Waals surface area contributed by atoms with Gasteiger partial charge in [-0.25, -0.2) is 15.0 Å². The van der Waals surface area contributed by atoms with Gasteiger partial charge >= 0.3 is 0 Å². The molecule has 0 saturated heterocycles. The molecule has 5 nitrogen and oxygen atoms in total. The Kier molecular flexibility index (Phi) is 3.74. The lowest BCUT2D eigenvalue weighted by Crippen LogP contribution is -2.03. The zero-order valence-electron chi connectivity index (χ0n) is 13.5. The third-order valence-electron chi connectivity index (χ3n) is 4.25. The molecule has 0 saturated carbocycles. The Morgan fingerprint density at radius 3 is 2.67 bits per heavy atom. The summed E-state index contributed by atoms with van der Waals surface area (Å²) in [6.45, 7) is 5.05. The highest BCUT2D eigenvalue weighted by molar-refractivity contribution is 7.13. The van der Waals surface area contributed by atoms with E-state index in [0.29, 0.717) is 0 Å². The molecule has 0 spiro atoms. The molecule has 4 aromatic rings. The molecule has 1 aromatic carbocycles. The van der Waals surface area contributed by atoms with Crippen molar-refractivity contribution in [2.24, 2.45) is 0 Å². The van der Waals surface area contributed by atoms with E-state index < -0.39 is 0 Å². The van der Waals surface area contributed by atoms with Crippen molar-refractivity contribution in [3.05, 3.63) is 65.1 Å². The van der Waals surface area contributed by atoms with Crippen molar-refractivity contribution < 1.29 is 0 Å². The maximum Gasteiger partial charge on any atom is 0.188 e. The van der Waals surface area contributed by atoms with Gasteiger partial charge in [-0.1, -0.05) is 30.3 Å². The topological polar surface area (TPSA) is 55.6 Å². The van der Waals surface area contributed by atoms with Gasteiger partial charge in [-0.15, -0.1) is 11.3 Å². The molecule has 120 valence electrons. The molecule has 0 atom stereocenters. The average molecular weight is 335 g/mol. The maximum absolute atomic E-state index is 4.54. The summed E-state index contributed by atoms with van der Waals surface area (Å²) in [6.07, 6.45) is 3.39. The molecule has 24 heavy (non-hydrogen) atoms. The summed E-state index contributed by atoms with van der Waals surface area (Å²) in [7, 11) is 0. The van der Waals surface area contributed by atoms with Crippen LogP contribution in [0.4, 0.5) is 10.9 Å². The second kappa shape index (κ2) is 6.05. The van der Waals surface area contributed by atoms with Gasteiger partial charge in [0, 0.05) is 23.8 Å². The second-order valence-corrected chi connectivity index (χ2v) is 6.56. The first kappa shape index (κ1) is 14.8. The number of hydrogen-bond acceptors (Lipinski definition) is 5. The Bertz CT molecular complexity index is 974. The van der Waals surface area contributed by atoms with Gasteiger partial charge in [-0.05, 0) is 25.0 Å². The van der Waals surface area contributed by atoms with Crippen molar-refractivity contribution >= 4 is 33.3 Å². The van der Waals surface area contributed by atoms with Gasteiger partial charge in [0.15, 0.2) is 5.13 Å². The first-order valence-electron chi connectivity index (χ1n) is 7.75. The fraction of sp³-hybridized carbons (Fsp3) is 0.167. The van der Waals surface area contributed by atoms with E-state index >= 15 is 0 Å². The van der Waals surface area contributed by atoms with E-state index in [1.807, 2.05) is 11.4 Å². The number of nitrogens with zero attached hydrogens (tertiary/aromatic N) is 4. The van der Waals surface area contributed by atoms with Crippen LogP contribution in [0.3, 0.4) is 0 Å². The number of hydrogen-bond donors (Lipinski definition) is 1. The molecule has 0 bridgehead atoms. The van der Waals surface area contributed by atoms with E-state index in [0.717, 1.165) is 28.5 Å². The van der Waals surface area contributed by atoms with Crippen LogP contribution in [0.15, 0.2) is 48.2 Å². The van der Waals surface area contributed by atoms with Crippen molar-refractivity contribution in [2.75, 3.05) is 5.32 Å². The molecule has 0 aliphatic carbocycles. The number of anilines is 2. The minimum Gasteiger partial charge on any atom is -0.325 e. The lowest BCUT2D eigenvalue weighted by molar-refractivity contribution is 0.790. The van der Waals surface area contributed by atoms with Gasteiger partial charge in [0.25, 0.3) is 0 Å². The summed E-state index contributed by atoms with van der Waals surface area (Å²) < 4.78 is 2.24. The number of aryl methyl sites for hydroxylation is 1. The van der Waals surface area contributed by atoms with E-state index in [1.165, 1.54) is 16.8 Å². The number of nitrogens with one attached hydrogen (secondary N) is 1. The molecule has 0 radical (unpaired) electrons. The third-order valence-corrected chi connectivity index (χ3v) is 4.94. The smallest absolute Gasteiger partial charge is 0.188 e. The second-order valence-electron chi connectivity index (χ2n) is 5.67. The van der Waals surface area contributed by atoms with Gasteiger partial charge in [0.2, 0.25) is 0 Å². The molecule has 0 aliphatic rings. The molecule has 3 heterocycles. The predicted molar refractivity (Wildman–Crippen MR) is 97.9 cm³/mol. The van der Waals surface area contributed by atoms with E-state index in [4.69, 9.17) is 0 Å². The van der Waals surface area contributed by atoms with Crippen molar-refractivity contribution in [1.29, 1.82) is 0 Å². The van der Waals surface area contributed by atoms with Crippen LogP contribution in [0.1, 0.15) is 16.8 Å². The fourth-order valence-corrected chi connectivity index (χ4v) is 3.44. The zero-order chi connectivity index (χ0) is 16.5. The van der Waals surface area contributed by atoms with Gasteiger partial charge in [0.05, 0.1) is 5.39 Å². The lowest BCUT2D eigenvalue weighted by Gasteiger charge is -2.08. The third kappa shape index (κ3) is 2.55. The molecular formula is C18H17N5S. The quantitative estimate of drug-likeness (QED) is 0.604. The van der Waals surface area contributed by atoms with Crippen LogP contribution in [0.5, 0.6) is 0 Å². The van der Waals surface area contributed by atoms with Gasteiger partial charge in [0.1, 0.15) is 17.8 Å². The van der Waals surface area contributed by atoms with E-state index in [1.54, 1.807) is 23.9 Å². The predicted octanol–water partition coefficient (Wildman–Crippen LogP) is 4.30. The number of aromatic nitrogens is 4.